The summed E-state index contributed by atoms with van der Waals surface area (Å²) in [5.41, 5.74) is 9.05. The lowest BCUT2D eigenvalue weighted by Gasteiger charge is -2.36. The molecule has 0 bridgehead atoms. The van der Waals surface area contributed by atoms with Crippen molar-refractivity contribution < 1.29 is 4.57 Å². The molecule has 1 aliphatic heterocycles. The smallest absolute Gasteiger partial charge is 0.216 e. The van der Waals surface area contributed by atoms with Crippen molar-refractivity contribution in [3.63, 3.8) is 0 Å². The van der Waals surface area contributed by atoms with Gasteiger partial charge in [0.2, 0.25) is 5.69 Å². The van der Waals surface area contributed by atoms with E-state index in [1.165, 1.54) is 28.0 Å². The van der Waals surface area contributed by atoms with Crippen LogP contribution in [0.1, 0.15) is 44.2 Å². The van der Waals surface area contributed by atoms with Crippen LogP contribution in [0.25, 0.3) is 33.8 Å². The number of nitrogens with zero attached hydrogens (tertiary/aromatic N) is 4. The third kappa shape index (κ3) is 3.01. The van der Waals surface area contributed by atoms with Gasteiger partial charge < -0.3 is 0 Å². The van der Waals surface area contributed by atoms with Crippen LogP contribution in [-0.2, 0) is 5.54 Å². The van der Waals surface area contributed by atoms with Gasteiger partial charge >= 0.3 is 0 Å². The van der Waals surface area contributed by atoms with Crippen molar-refractivity contribution in [3.8, 4) is 28.2 Å². The van der Waals surface area contributed by atoms with Crippen LogP contribution >= 0.6 is 0 Å². The van der Waals surface area contributed by atoms with Gasteiger partial charge in [-0.25, -0.2) is 4.68 Å². The molecule has 0 spiro atoms. The molecule has 4 heteroatoms. The summed E-state index contributed by atoms with van der Waals surface area (Å²) in [7, 11) is 0. The van der Waals surface area contributed by atoms with E-state index in [4.69, 9.17) is 0 Å². The van der Waals surface area contributed by atoms with E-state index in [1.807, 2.05) is 29.1 Å². The zero-order valence-electron chi connectivity index (χ0n) is 19.0. The van der Waals surface area contributed by atoms with Crippen molar-refractivity contribution >= 4 is 5.57 Å². The Kier molecular flexibility index (Phi) is 5.01. The summed E-state index contributed by atoms with van der Waals surface area (Å²) < 4.78 is 4.33. The average molecular weight is 422 g/mol. The highest BCUT2D eigenvalue weighted by Crippen LogP contribution is 2.45. The molecule has 3 heterocycles. The summed E-state index contributed by atoms with van der Waals surface area (Å²) >= 11 is 0. The van der Waals surface area contributed by atoms with E-state index in [-0.39, 0.29) is 5.54 Å². The van der Waals surface area contributed by atoms with Gasteiger partial charge in [0.15, 0.2) is 11.7 Å². The maximum Gasteiger partial charge on any atom is 0.216 e. The third-order valence-electron chi connectivity index (χ3n) is 6.88. The zero-order chi connectivity index (χ0) is 22.3. The minimum Gasteiger partial charge on any atom is -0.220 e. The highest BCUT2D eigenvalue weighted by molar-refractivity contribution is 5.84. The van der Waals surface area contributed by atoms with Crippen LogP contribution in [0.2, 0.25) is 0 Å². The Labute approximate surface area is 189 Å². The van der Waals surface area contributed by atoms with Crippen LogP contribution in [0.5, 0.6) is 0 Å². The molecule has 5 rings (SSSR count). The van der Waals surface area contributed by atoms with Crippen molar-refractivity contribution in [3.05, 3.63) is 90.8 Å². The van der Waals surface area contributed by atoms with Gasteiger partial charge in [0, 0.05) is 35.6 Å². The van der Waals surface area contributed by atoms with Crippen molar-refractivity contribution in [1.29, 1.82) is 0 Å². The van der Waals surface area contributed by atoms with E-state index in [2.05, 4.69) is 90.9 Å². The predicted molar refractivity (Wildman–Crippen MR) is 129 cm³/mol. The second-order valence-electron chi connectivity index (χ2n) is 8.67. The molecule has 1 aliphatic rings. The summed E-state index contributed by atoms with van der Waals surface area (Å²) in [4.78, 5) is 0. The maximum atomic E-state index is 4.62. The number of hydrogen-bond donors (Lipinski definition) is 0. The van der Waals surface area contributed by atoms with Crippen LogP contribution in [0, 0.1) is 6.92 Å². The molecule has 2 aromatic heterocycles. The molecule has 160 valence electrons. The van der Waals surface area contributed by atoms with Crippen LogP contribution in [0.15, 0.2) is 79.6 Å². The number of fused-ring (bicyclic) bond motifs is 3. The first-order valence-electron chi connectivity index (χ1n) is 11.4. The fourth-order valence-electron chi connectivity index (χ4n) is 5.22. The van der Waals surface area contributed by atoms with E-state index < -0.39 is 0 Å². The monoisotopic (exact) mass is 421 g/mol. The van der Waals surface area contributed by atoms with E-state index in [0.29, 0.717) is 0 Å². The molecule has 0 saturated heterocycles. The lowest BCUT2D eigenvalue weighted by atomic mass is 9.74. The normalized spacial score (nSPS) is 17.2. The Morgan fingerprint density at radius 1 is 1.00 bits per heavy atom. The molecular weight excluding hydrogens is 392 g/mol. The van der Waals surface area contributed by atoms with Crippen LogP contribution < -0.4 is 4.57 Å². The van der Waals surface area contributed by atoms with Crippen molar-refractivity contribution in [2.24, 2.45) is 0 Å². The van der Waals surface area contributed by atoms with Gasteiger partial charge in [-0.05, 0) is 37.1 Å². The SMILES string of the molecule is C=C1c2ccc(-n3cc(-c4ccccc4)nn3)cc2-c2c(C)ccc[n+]2C1(CC)CCC. The predicted octanol–water partition coefficient (Wildman–Crippen LogP) is 6.13. The van der Waals surface area contributed by atoms with E-state index in [0.717, 1.165) is 36.2 Å². The van der Waals surface area contributed by atoms with Crippen LogP contribution in [0.3, 0.4) is 0 Å². The number of allylic oxidation sites excluding steroid dienone is 1. The highest BCUT2D eigenvalue weighted by atomic mass is 15.4. The standard InChI is InChI=1S/C28H29N4/c1-5-16-28(6-2)21(4)24-15-14-23(18-25(24)27-20(3)11-10-17-31(27)28)32-19-26(29-30-32)22-12-8-7-9-13-22/h7-15,17-19H,4-6,16H2,1-3H3/q+1. The zero-order valence-corrected chi connectivity index (χ0v) is 19.0. The van der Waals surface area contributed by atoms with Crippen LogP contribution in [-0.4, -0.2) is 15.0 Å². The van der Waals surface area contributed by atoms with Gasteiger partial charge in [-0.2, -0.15) is 4.57 Å². The number of aromatic nitrogens is 4. The largest absolute Gasteiger partial charge is 0.220 e. The highest BCUT2D eigenvalue weighted by Gasteiger charge is 2.47. The van der Waals surface area contributed by atoms with Gasteiger partial charge in [-0.3, -0.25) is 0 Å². The van der Waals surface area contributed by atoms with Crippen molar-refractivity contribution in [2.45, 2.75) is 45.6 Å². The minimum atomic E-state index is -0.0850. The lowest BCUT2D eigenvalue weighted by Crippen LogP contribution is -2.59. The van der Waals surface area contributed by atoms with Crippen molar-refractivity contribution in [1.82, 2.24) is 15.0 Å². The average Bonchev–Trinajstić information content (AvgIpc) is 3.32. The fourth-order valence-corrected chi connectivity index (χ4v) is 5.22. The minimum absolute atomic E-state index is 0.0850. The molecule has 0 fully saturated rings. The molecule has 0 aliphatic carbocycles. The van der Waals surface area contributed by atoms with E-state index >= 15 is 0 Å². The van der Waals surface area contributed by atoms with Gasteiger partial charge in [-0.1, -0.05) is 62.0 Å². The third-order valence-corrected chi connectivity index (χ3v) is 6.88. The Morgan fingerprint density at radius 3 is 2.56 bits per heavy atom. The first-order valence-corrected chi connectivity index (χ1v) is 11.4. The van der Waals surface area contributed by atoms with Crippen LogP contribution in [0.4, 0.5) is 0 Å². The van der Waals surface area contributed by atoms with Gasteiger partial charge in [-0.15, -0.1) is 5.10 Å². The molecule has 32 heavy (non-hydrogen) atoms. The topological polar surface area (TPSA) is 34.6 Å². The second-order valence-corrected chi connectivity index (χ2v) is 8.67. The van der Waals surface area contributed by atoms with Crippen molar-refractivity contribution in [2.75, 3.05) is 0 Å². The van der Waals surface area contributed by atoms with Gasteiger partial charge in [0.25, 0.3) is 0 Å². The second kappa shape index (κ2) is 7.86. The van der Waals surface area contributed by atoms with Gasteiger partial charge in [0.1, 0.15) is 5.69 Å². The molecule has 0 amide bonds. The molecule has 4 nitrogen and oxygen atoms in total. The summed E-state index contributed by atoms with van der Waals surface area (Å²) in [5.74, 6) is 0. The number of aryl methyl sites for hydroxylation is 1. The summed E-state index contributed by atoms with van der Waals surface area (Å²) in [5, 5.41) is 8.82. The number of pyridine rings is 1. The molecular formula is C28H29N4+. The summed E-state index contributed by atoms with van der Waals surface area (Å²) in [6.45, 7) is 11.4. The molecule has 0 radical (unpaired) electrons. The molecule has 0 saturated carbocycles. The molecule has 1 atom stereocenters. The van der Waals surface area contributed by atoms with E-state index in [1.54, 1.807) is 0 Å². The Bertz CT molecular complexity index is 1300. The Balaban J connectivity index is 1.66. The first kappa shape index (κ1) is 20.4. The van der Waals surface area contributed by atoms with E-state index in [9.17, 15) is 0 Å². The number of hydrogen-bond acceptors (Lipinski definition) is 2. The number of benzene rings is 2. The maximum absolute atomic E-state index is 4.62. The quantitative estimate of drug-likeness (QED) is 0.363. The molecule has 4 aromatic rings. The Hall–Kier alpha value is -3.53. The molecule has 1 unspecified atom stereocenters. The fraction of sp³-hybridized carbons (Fsp3) is 0.250. The summed E-state index contributed by atoms with van der Waals surface area (Å²) in [6.07, 6.45) is 7.43. The summed E-state index contributed by atoms with van der Waals surface area (Å²) in [6, 6.07) is 21.1. The van der Waals surface area contributed by atoms with Gasteiger partial charge in [0.05, 0.1) is 17.4 Å². The molecule has 0 N–H and O–H groups in total. The Morgan fingerprint density at radius 2 is 1.81 bits per heavy atom. The number of rotatable bonds is 5. The molecule has 2 aromatic carbocycles. The first-order chi connectivity index (χ1) is 15.6. The lowest BCUT2D eigenvalue weighted by molar-refractivity contribution is -0.742.